The van der Waals surface area contributed by atoms with Crippen LogP contribution in [0.1, 0.15) is 87.3 Å². The van der Waals surface area contributed by atoms with Crippen molar-refractivity contribution >= 4 is 5.78 Å². The number of Topliss-reactive ketones (excluding diaryl/α,β-unsaturated/α-hetero) is 1. The van der Waals surface area contributed by atoms with E-state index in [1.165, 1.54) is 44.9 Å². The zero-order valence-electron chi connectivity index (χ0n) is 16.1. The monoisotopic (exact) mass is 348 g/mol. The zero-order valence-corrected chi connectivity index (χ0v) is 16.1. The average Bonchev–Trinajstić information content (AvgIpc) is 2.98. The molecule has 1 fully saturated rings. The number of ketones is 1. The van der Waals surface area contributed by atoms with Crippen molar-refractivity contribution in [2.24, 2.45) is 18.7 Å². The fourth-order valence-corrected chi connectivity index (χ4v) is 3.90. The first-order valence-electron chi connectivity index (χ1n) is 10.0. The highest BCUT2D eigenvalue weighted by Gasteiger charge is 2.19. The largest absolute Gasteiger partial charge is 0.394 e. The molecular weight excluding hydrogens is 312 g/mol. The first-order chi connectivity index (χ1) is 11.9. The molecule has 25 heavy (non-hydrogen) atoms. The molecule has 1 atom stereocenters. The predicted octanol–water partition coefficient (Wildman–Crippen LogP) is 3.99. The Hall–Kier alpha value is -1.13. The van der Waals surface area contributed by atoms with Crippen molar-refractivity contribution in [2.75, 3.05) is 6.61 Å². The van der Waals surface area contributed by atoms with Gasteiger partial charge in [-0.25, -0.2) is 0 Å². The number of aliphatic hydroxyl groups excluding tert-OH is 1. The lowest BCUT2D eigenvalue weighted by atomic mass is 9.85. The van der Waals surface area contributed by atoms with Gasteiger partial charge >= 0.3 is 0 Å². The fraction of sp³-hybridized carbons (Fsp3) is 0.762. The van der Waals surface area contributed by atoms with E-state index in [1.807, 2.05) is 30.7 Å². The second-order valence-corrected chi connectivity index (χ2v) is 8.25. The molecule has 1 heterocycles. The number of aromatic nitrogens is 1. The minimum atomic E-state index is -0.562. The van der Waals surface area contributed by atoms with E-state index >= 15 is 0 Å². The molecule has 1 unspecified atom stereocenters. The van der Waals surface area contributed by atoms with E-state index in [9.17, 15) is 9.90 Å². The Morgan fingerprint density at radius 1 is 1.28 bits per heavy atom. The number of hydrogen-bond donors (Lipinski definition) is 2. The highest BCUT2D eigenvalue weighted by molar-refractivity contribution is 5.94. The van der Waals surface area contributed by atoms with Crippen molar-refractivity contribution in [3.8, 4) is 0 Å². The molecular formula is C21H36N2O2. The van der Waals surface area contributed by atoms with Crippen LogP contribution >= 0.6 is 0 Å². The van der Waals surface area contributed by atoms with Gasteiger partial charge < -0.3 is 15.4 Å². The minimum absolute atomic E-state index is 0.0236. The predicted molar refractivity (Wildman–Crippen MR) is 103 cm³/mol. The molecule has 0 saturated heterocycles. The first kappa shape index (κ1) is 20.2. The summed E-state index contributed by atoms with van der Waals surface area (Å²) in [7, 11) is 1.96. The molecule has 1 aliphatic carbocycles. The molecule has 0 bridgehead atoms. The number of carbonyl (C=O) groups excluding carboxylic acids is 1. The summed E-state index contributed by atoms with van der Waals surface area (Å²) < 4.78 is 2.00. The molecule has 1 aromatic heterocycles. The van der Waals surface area contributed by atoms with E-state index in [0.29, 0.717) is 12.8 Å². The molecule has 1 saturated carbocycles. The van der Waals surface area contributed by atoms with E-state index < -0.39 is 5.54 Å². The van der Waals surface area contributed by atoms with Crippen molar-refractivity contribution in [3.63, 3.8) is 0 Å². The third-order valence-corrected chi connectivity index (χ3v) is 5.82. The third kappa shape index (κ3) is 6.27. The van der Waals surface area contributed by atoms with Gasteiger partial charge in [0.15, 0.2) is 5.78 Å². The number of nitrogens with zero attached hydrogens (tertiary/aromatic N) is 1. The average molecular weight is 349 g/mol. The second kappa shape index (κ2) is 9.54. The van der Waals surface area contributed by atoms with Crippen molar-refractivity contribution < 1.29 is 9.90 Å². The normalized spacial score (nSPS) is 18.2. The molecule has 1 aromatic rings. The van der Waals surface area contributed by atoms with Crippen LogP contribution < -0.4 is 5.73 Å². The number of aryl methyl sites for hydroxylation is 1. The van der Waals surface area contributed by atoms with Crippen LogP contribution in [0.25, 0.3) is 0 Å². The van der Waals surface area contributed by atoms with Crippen molar-refractivity contribution in [1.82, 2.24) is 4.57 Å². The maximum Gasteiger partial charge on any atom is 0.179 e. The maximum absolute atomic E-state index is 12.5. The molecule has 0 amide bonds. The van der Waals surface area contributed by atoms with Crippen molar-refractivity contribution in [2.45, 2.75) is 83.1 Å². The third-order valence-electron chi connectivity index (χ3n) is 5.82. The number of carbonyl (C=O) groups is 1. The zero-order chi connectivity index (χ0) is 18.3. The summed E-state index contributed by atoms with van der Waals surface area (Å²) in [6.45, 7) is 1.83. The molecule has 4 nitrogen and oxygen atoms in total. The number of aliphatic hydroxyl groups is 1. The van der Waals surface area contributed by atoms with Gasteiger partial charge in [-0.2, -0.15) is 0 Å². The van der Waals surface area contributed by atoms with Crippen molar-refractivity contribution in [1.29, 1.82) is 0 Å². The Labute approximate surface area is 152 Å². The van der Waals surface area contributed by atoms with Gasteiger partial charge in [-0.15, -0.1) is 0 Å². The van der Waals surface area contributed by atoms with Crippen LogP contribution in [0.15, 0.2) is 12.1 Å². The Balaban J connectivity index is 1.75. The summed E-state index contributed by atoms with van der Waals surface area (Å²) >= 11 is 0. The van der Waals surface area contributed by atoms with Crippen LogP contribution in [-0.2, 0) is 13.5 Å². The maximum atomic E-state index is 12.5. The Morgan fingerprint density at radius 2 is 2.00 bits per heavy atom. The first-order valence-corrected chi connectivity index (χ1v) is 10.0. The van der Waals surface area contributed by atoms with Crippen LogP contribution in [-0.4, -0.2) is 27.6 Å². The molecule has 0 aliphatic heterocycles. The summed E-state index contributed by atoms with van der Waals surface area (Å²) in [5, 5.41) is 9.26. The molecule has 0 aromatic carbocycles. The Kier molecular flexibility index (Phi) is 7.70. The van der Waals surface area contributed by atoms with Crippen LogP contribution in [0.2, 0.25) is 0 Å². The number of rotatable bonds is 10. The number of nitrogens with two attached hydrogens (primary N) is 1. The van der Waals surface area contributed by atoms with E-state index in [-0.39, 0.29) is 12.4 Å². The number of unbranched alkanes of at least 4 members (excludes halogenated alkanes) is 1. The standard InChI is InChI=1S/C21H36N2O2/c1-21(22,16-24)15-14-18-12-13-19(23(18)2)20(25)11-7-6-10-17-8-4-3-5-9-17/h12-13,17,24H,3-11,14-16,22H2,1-2H3. The van der Waals surface area contributed by atoms with E-state index in [0.717, 1.165) is 30.1 Å². The van der Waals surface area contributed by atoms with Gasteiger partial charge in [0.2, 0.25) is 0 Å². The summed E-state index contributed by atoms with van der Waals surface area (Å²) in [6.07, 6.45) is 12.6. The highest BCUT2D eigenvalue weighted by Crippen LogP contribution is 2.28. The summed E-state index contributed by atoms with van der Waals surface area (Å²) in [5.41, 5.74) is 7.34. The molecule has 4 heteroatoms. The lowest BCUT2D eigenvalue weighted by molar-refractivity contribution is 0.0970. The van der Waals surface area contributed by atoms with Crippen LogP contribution in [0.5, 0.6) is 0 Å². The number of hydrogen-bond acceptors (Lipinski definition) is 3. The molecule has 3 N–H and O–H groups in total. The smallest absolute Gasteiger partial charge is 0.179 e. The topological polar surface area (TPSA) is 68.2 Å². The lowest BCUT2D eigenvalue weighted by Crippen LogP contribution is -2.40. The second-order valence-electron chi connectivity index (χ2n) is 8.25. The SMILES string of the molecule is Cn1c(CCC(C)(N)CO)ccc1C(=O)CCCCC1CCCCC1. The van der Waals surface area contributed by atoms with Gasteiger partial charge in [-0.3, -0.25) is 4.79 Å². The molecule has 0 spiro atoms. The molecule has 1 aliphatic rings. The van der Waals surface area contributed by atoms with Gasteiger partial charge in [0.25, 0.3) is 0 Å². The van der Waals surface area contributed by atoms with Gasteiger partial charge in [-0.1, -0.05) is 44.9 Å². The highest BCUT2D eigenvalue weighted by atomic mass is 16.3. The van der Waals surface area contributed by atoms with Gasteiger partial charge in [0.05, 0.1) is 12.3 Å². The lowest BCUT2D eigenvalue weighted by Gasteiger charge is -2.21. The van der Waals surface area contributed by atoms with Crippen LogP contribution in [0.4, 0.5) is 0 Å². The van der Waals surface area contributed by atoms with Crippen LogP contribution in [0.3, 0.4) is 0 Å². The molecule has 2 rings (SSSR count). The quantitative estimate of drug-likeness (QED) is 0.496. The summed E-state index contributed by atoms with van der Waals surface area (Å²) in [6, 6.07) is 3.95. The Bertz CT molecular complexity index is 542. The van der Waals surface area contributed by atoms with Gasteiger partial charge in [0, 0.05) is 24.7 Å². The van der Waals surface area contributed by atoms with E-state index in [4.69, 9.17) is 5.73 Å². The van der Waals surface area contributed by atoms with Crippen LogP contribution in [0, 0.1) is 5.92 Å². The van der Waals surface area contributed by atoms with E-state index in [1.54, 1.807) is 0 Å². The summed E-state index contributed by atoms with van der Waals surface area (Å²) in [5.74, 6) is 1.15. The fourth-order valence-electron chi connectivity index (χ4n) is 3.90. The summed E-state index contributed by atoms with van der Waals surface area (Å²) in [4.78, 5) is 12.5. The minimum Gasteiger partial charge on any atom is -0.394 e. The van der Waals surface area contributed by atoms with Crippen molar-refractivity contribution in [3.05, 3.63) is 23.5 Å². The molecule has 142 valence electrons. The van der Waals surface area contributed by atoms with E-state index in [2.05, 4.69) is 0 Å². The molecule has 0 radical (unpaired) electrons. The Morgan fingerprint density at radius 3 is 2.68 bits per heavy atom. The van der Waals surface area contributed by atoms with Gasteiger partial charge in [0.1, 0.15) is 0 Å². The van der Waals surface area contributed by atoms with Gasteiger partial charge in [-0.05, 0) is 44.2 Å².